The van der Waals surface area contributed by atoms with Gasteiger partial charge >= 0.3 is 14.6 Å². The molecule has 0 aliphatic carbocycles. The van der Waals surface area contributed by atoms with E-state index in [2.05, 4.69) is 184 Å². The fourth-order valence-corrected chi connectivity index (χ4v) is 11.3. The van der Waals surface area contributed by atoms with Crippen LogP contribution in [0.1, 0.15) is 40.6 Å². The maximum absolute atomic E-state index is 5.50. The Hall–Kier alpha value is -5.99. The van der Waals surface area contributed by atoms with Gasteiger partial charge in [0.25, 0.3) is 0 Å². The Bertz CT molecular complexity index is 2500. The van der Waals surface area contributed by atoms with Crippen molar-refractivity contribution >= 4 is 48.3 Å². The lowest BCUT2D eigenvalue weighted by atomic mass is 10.0. The molecule has 0 fully saturated rings. The van der Waals surface area contributed by atoms with E-state index in [1.54, 1.807) is 0 Å². The Morgan fingerprint density at radius 1 is 0.412 bits per heavy atom. The van der Waals surface area contributed by atoms with Gasteiger partial charge in [-0.3, -0.25) is 0 Å². The first kappa shape index (κ1) is 29.9. The molecule has 4 aliphatic heterocycles. The molecular formula is C46H33AlN4. The summed E-state index contributed by atoms with van der Waals surface area (Å²) >= 11 is -2.16. The van der Waals surface area contributed by atoms with Crippen LogP contribution >= 0.6 is 0 Å². The van der Waals surface area contributed by atoms with E-state index in [1.807, 2.05) is 0 Å². The maximum atomic E-state index is 5.50. The van der Waals surface area contributed by atoms with Gasteiger partial charge in [0.2, 0.25) is 0 Å². The van der Waals surface area contributed by atoms with Gasteiger partial charge in [-0.2, -0.15) is 0 Å². The zero-order chi connectivity index (χ0) is 33.9. The Kier molecular flexibility index (Phi) is 7.09. The molecule has 6 bridgehead atoms. The predicted molar refractivity (Wildman–Crippen MR) is 211 cm³/mol. The second-order valence-electron chi connectivity index (χ2n) is 13.2. The van der Waals surface area contributed by atoms with E-state index < -0.39 is 14.6 Å². The first-order chi connectivity index (χ1) is 25.3. The first-order valence-electron chi connectivity index (χ1n) is 17.7. The lowest BCUT2D eigenvalue weighted by molar-refractivity contribution is 0.961. The third kappa shape index (κ3) is 4.74. The van der Waals surface area contributed by atoms with E-state index in [1.165, 1.54) is 22.1 Å². The second-order valence-corrected chi connectivity index (χ2v) is 16.0. The van der Waals surface area contributed by atoms with Gasteiger partial charge in [0.15, 0.2) is 0 Å². The molecule has 4 aromatic carbocycles. The summed E-state index contributed by atoms with van der Waals surface area (Å²) in [6, 6.07) is 52.5. The highest BCUT2D eigenvalue weighted by Crippen LogP contribution is 2.39. The fourth-order valence-electron chi connectivity index (χ4n) is 8.24. The van der Waals surface area contributed by atoms with Gasteiger partial charge < -0.3 is 7.10 Å². The molecule has 0 amide bonds. The third-order valence-corrected chi connectivity index (χ3v) is 13.4. The molecule has 0 N–H and O–H groups in total. The van der Waals surface area contributed by atoms with Crippen LogP contribution < -0.4 is 10.7 Å². The summed E-state index contributed by atoms with van der Waals surface area (Å²) in [5.41, 5.74) is 15.5. The number of aromatic nitrogens is 2. The van der Waals surface area contributed by atoms with Crippen LogP contribution in [0, 0.1) is 0 Å². The van der Waals surface area contributed by atoms with Crippen molar-refractivity contribution in [3.63, 3.8) is 0 Å². The minimum Gasteiger partial charge on any atom is -0.414 e. The van der Waals surface area contributed by atoms with Gasteiger partial charge in [-0.1, -0.05) is 134 Å². The molecule has 10 rings (SSSR count). The standard InChI is InChI=1S/C44H28N4.C2H5.Al/c1-5-13-29(14-6-1)41-33-21-23-35(45-33)42(30-15-7-2-8-16-30)37-25-27-39(47-37)44(32-19-11-4-12-20-32)40-28-26-38(48-40)43(31-17-9-3-10-18-31)36-24-22-34(41)46-36;1-2;/h1-28H;1H2,2H3;/q-2;;+2. The summed E-state index contributed by atoms with van der Waals surface area (Å²) in [6.07, 6.45) is 8.86. The Morgan fingerprint density at radius 2 is 0.784 bits per heavy atom. The van der Waals surface area contributed by atoms with Gasteiger partial charge in [-0.15, -0.1) is 0 Å². The molecule has 6 heterocycles. The van der Waals surface area contributed by atoms with E-state index in [0.717, 1.165) is 72.6 Å². The minimum atomic E-state index is -2.16. The number of benzene rings is 4. The Morgan fingerprint density at radius 3 is 1.16 bits per heavy atom. The highest BCUT2D eigenvalue weighted by atomic mass is 27.2. The summed E-state index contributed by atoms with van der Waals surface area (Å²) in [5, 5.41) is 3.37. The van der Waals surface area contributed by atoms with E-state index in [9.17, 15) is 0 Å². The Balaban J connectivity index is 1.47. The molecule has 2 aromatic heterocycles. The summed E-state index contributed by atoms with van der Waals surface area (Å²) in [4.78, 5) is 11.0. The van der Waals surface area contributed by atoms with Crippen LogP contribution in [-0.4, -0.2) is 33.1 Å². The van der Waals surface area contributed by atoms with E-state index in [4.69, 9.17) is 9.98 Å². The zero-order valence-electron chi connectivity index (χ0n) is 28.2. The lowest BCUT2D eigenvalue weighted by Gasteiger charge is -2.27. The fraction of sp³-hybridized carbons (Fsp3) is 0.0435. The van der Waals surface area contributed by atoms with E-state index >= 15 is 0 Å². The first-order valence-corrected chi connectivity index (χ1v) is 19.6. The van der Waals surface area contributed by atoms with Crippen LogP contribution in [0.4, 0.5) is 0 Å². The minimum absolute atomic E-state index is 0.984. The van der Waals surface area contributed by atoms with Crippen LogP contribution in [-0.2, 0) is 0 Å². The Labute approximate surface area is 301 Å². The van der Waals surface area contributed by atoms with E-state index in [0.29, 0.717) is 0 Å². The number of rotatable bonds is 5. The quantitative estimate of drug-likeness (QED) is 0.166. The molecule has 51 heavy (non-hydrogen) atoms. The highest BCUT2D eigenvalue weighted by Gasteiger charge is 2.36. The van der Waals surface area contributed by atoms with Crippen LogP contribution in [0.5, 0.6) is 0 Å². The molecule has 0 saturated carbocycles. The van der Waals surface area contributed by atoms with Crippen LogP contribution in [0.15, 0.2) is 191 Å². The normalized spacial score (nSPS) is 15.8. The number of allylic oxidation sites excluding steroid dienone is 4. The van der Waals surface area contributed by atoms with Crippen molar-refractivity contribution in [1.82, 2.24) is 7.10 Å². The summed E-state index contributed by atoms with van der Waals surface area (Å²) in [7, 11) is 0. The number of fused-ring (bicyclic) bond motifs is 2. The molecule has 4 nitrogen and oxygen atoms in total. The van der Waals surface area contributed by atoms with Crippen molar-refractivity contribution in [2.45, 2.75) is 12.2 Å². The van der Waals surface area contributed by atoms with Crippen molar-refractivity contribution in [2.24, 2.45) is 9.98 Å². The van der Waals surface area contributed by atoms with Gasteiger partial charge in [0, 0.05) is 44.4 Å². The average Bonchev–Trinajstić information content (AvgIpc) is 4.01. The average molecular weight is 669 g/mol. The SMILES string of the molecule is C[CH2][Al]1[n]2c3ccc2C(c2ccccc2)=C2C=CC(=N2)C(c2ccccc2)=c2ccc([n]21)=C(c1ccccc1)C1=NC(=C3c2ccccc2)C=C1. The van der Waals surface area contributed by atoms with Gasteiger partial charge in [-0.25, -0.2) is 9.98 Å². The largest absolute Gasteiger partial charge is 0.583 e. The second kappa shape index (κ2) is 12.1. The van der Waals surface area contributed by atoms with E-state index in [-0.39, 0.29) is 0 Å². The van der Waals surface area contributed by atoms with Gasteiger partial charge in [0.1, 0.15) is 0 Å². The van der Waals surface area contributed by atoms with Crippen LogP contribution in [0.2, 0.25) is 5.28 Å². The number of hydrogen-bond donors (Lipinski definition) is 0. The molecule has 4 aliphatic rings. The van der Waals surface area contributed by atoms with Crippen molar-refractivity contribution in [3.8, 4) is 0 Å². The van der Waals surface area contributed by atoms with Crippen molar-refractivity contribution in [2.75, 3.05) is 0 Å². The summed E-state index contributed by atoms with van der Waals surface area (Å²) in [6.45, 7) is 2.37. The summed E-state index contributed by atoms with van der Waals surface area (Å²) in [5.74, 6) is 0. The molecule has 0 spiro atoms. The van der Waals surface area contributed by atoms with Gasteiger partial charge in [-0.05, 0) is 70.8 Å². The third-order valence-electron chi connectivity index (χ3n) is 10.4. The van der Waals surface area contributed by atoms with Gasteiger partial charge in [0.05, 0.1) is 22.8 Å². The smallest absolute Gasteiger partial charge is 0.414 e. The number of aliphatic imine (C=N–C) groups is 2. The molecule has 0 saturated heterocycles. The van der Waals surface area contributed by atoms with Crippen LogP contribution in [0.25, 0.3) is 22.3 Å². The van der Waals surface area contributed by atoms with Crippen molar-refractivity contribution < 1.29 is 0 Å². The monoisotopic (exact) mass is 668 g/mol. The maximum Gasteiger partial charge on any atom is 0.583 e. The molecule has 0 unspecified atom stereocenters. The van der Waals surface area contributed by atoms with Crippen molar-refractivity contribution in [1.29, 1.82) is 0 Å². The predicted octanol–water partition coefficient (Wildman–Crippen LogP) is 8.16. The molecule has 0 atom stereocenters. The lowest BCUT2D eigenvalue weighted by Crippen LogP contribution is -2.48. The molecule has 6 aromatic rings. The van der Waals surface area contributed by atoms with Crippen molar-refractivity contribution in [3.05, 3.63) is 226 Å². The van der Waals surface area contributed by atoms with Crippen LogP contribution in [0.3, 0.4) is 0 Å². The number of nitrogens with zero attached hydrogens (tertiary/aromatic N) is 4. The zero-order valence-corrected chi connectivity index (χ0v) is 29.4. The summed E-state index contributed by atoms with van der Waals surface area (Å²) < 4.78 is 5.42. The number of hydrogen-bond acceptors (Lipinski definition) is 2. The molecule has 5 heteroatoms. The molecule has 240 valence electrons. The molecule has 0 radical (unpaired) electrons. The topological polar surface area (TPSA) is 34.6 Å². The highest BCUT2D eigenvalue weighted by molar-refractivity contribution is 6.56. The molecular weight excluding hydrogens is 636 g/mol.